The second-order valence-electron chi connectivity index (χ2n) is 15.6. The third-order valence-corrected chi connectivity index (χ3v) is 12.6. The van der Waals surface area contributed by atoms with Crippen molar-refractivity contribution in [3.63, 3.8) is 0 Å². The molecule has 0 amide bonds. The van der Waals surface area contributed by atoms with Crippen LogP contribution in [0.4, 0.5) is 17.1 Å². The minimum Gasteiger partial charge on any atom is -0.310 e. The summed E-state index contributed by atoms with van der Waals surface area (Å²) in [6.45, 7) is 0. The summed E-state index contributed by atoms with van der Waals surface area (Å²) in [7, 11) is 0. The van der Waals surface area contributed by atoms with E-state index in [-0.39, 0.29) is 0 Å². The van der Waals surface area contributed by atoms with Crippen molar-refractivity contribution >= 4 is 51.0 Å². The molecule has 0 aliphatic heterocycles. The van der Waals surface area contributed by atoms with Crippen LogP contribution < -0.4 is 4.90 Å². The lowest BCUT2D eigenvalue weighted by Crippen LogP contribution is -2.30. The zero-order valence-electron chi connectivity index (χ0n) is 32.3. The van der Waals surface area contributed by atoms with Crippen molar-refractivity contribution in [2.24, 2.45) is 0 Å². The van der Waals surface area contributed by atoms with E-state index in [0.29, 0.717) is 0 Å². The van der Waals surface area contributed by atoms with Crippen molar-refractivity contribution in [1.82, 2.24) is 4.57 Å². The predicted octanol–water partition coefficient (Wildman–Crippen LogP) is 14.8. The SMILES string of the molecule is C1=Cc2ccccc2C2(c3ccccc31)c1ccccc1-c1c(N(c3ccc(-c4ccccc4)cc3)c3ccc4c(c3)c3ccccc3n4-c3ccccc3)cccc12. The van der Waals surface area contributed by atoms with Gasteiger partial charge in [0.15, 0.2) is 0 Å². The Labute approximate surface area is 344 Å². The number of fused-ring (bicyclic) bond motifs is 12. The third-order valence-electron chi connectivity index (χ3n) is 12.6. The molecular formula is C57H38N2. The van der Waals surface area contributed by atoms with Gasteiger partial charge in [-0.1, -0.05) is 176 Å². The molecule has 0 radical (unpaired) electrons. The van der Waals surface area contributed by atoms with Crippen LogP contribution in [-0.4, -0.2) is 4.57 Å². The van der Waals surface area contributed by atoms with Gasteiger partial charge < -0.3 is 9.47 Å². The molecule has 9 aromatic carbocycles. The topological polar surface area (TPSA) is 8.17 Å². The quantitative estimate of drug-likeness (QED) is 0.170. The van der Waals surface area contributed by atoms with E-state index >= 15 is 0 Å². The summed E-state index contributed by atoms with van der Waals surface area (Å²) in [6, 6.07) is 80.3. The first-order valence-corrected chi connectivity index (χ1v) is 20.4. The monoisotopic (exact) mass is 750 g/mol. The predicted molar refractivity (Wildman–Crippen MR) is 247 cm³/mol. The molecule has 12 rings (SSSR count). The molecule has 0 atom stereocenters. The lowest BCUT2D eigenvalue weighted by molar-refractivity contribution is 0.766. The summed E-state index contributed by atoms with van der Waals surface area (Å²) < 4.78 is 2.39. The largest absolute Gasteiger partial charge is 0.310 e. The van der Waals surface area contributed by atoms with Crippen molar-refractivity contribution < 1.29 is 0 Å². The van der Waals surface area contributed by atoms with Gasteiger partial charge in [0.1, 0.15) is 0 Å². The van der Waals surface area contributed by atoms with Crippen molar-refractivity contribution in [2.45, 2.75) is 5.41 Å². The van der Waals surface area contributed by atoms with E-state index in [1.807, 2.05) is 0 Å². The molecule has 276 valence electrons. The minimum absolute atomic E-state index is 0.519. The van der Waals surface area contributed by atoms with Crippen molar-refractivity contribution in [3.8, 4) is 27.9 Å². The Morgan fingerprint density at radius 2 is 0.932 bits per heavy atom. The first-order chi connectivity index (χ1) is 29.3. The van der Waals surface area contributed by atoms with E-state index < -0.39 is 5.41 Å². The van der Waals surface area contributed by atoms with E-state index in [0.717, 1.165) is 22.7 Å². The van der Waals surface area contributed by atoms with Gasteiger partial charge in [-0.05, 0) is 105 Å². The molecule has 0 N–H and O–H groups in total. The Hall–Kier alpha value is -7.68. The summed E-state index contributed by atoms with van der Waals surface area (Å²) in [5.41, 5.74) is 19.0. The van der Waals surface area contributed by atoms with Crippen LogP contribution >= 0.6 is 0 Å². The number of hydrogen-bond acceptors (Lipinski definition) is 1. The fourth-order valence-corrected chi connectivity index (χ4v) is 10.2. The van der Waals surface area contributed by atoms with Gasteiger partial charge in [-0.3, -0.25) is 0 Å². The molecular weight excluding hydrogens is 713 g/mol. The highest BCUT2D eigenvalue weighted by atomic mass is 15.1. The van der Waals surface area contributed by atoms with E-state index in [2.05, 4.69) is 240 Å². The Bertz CT molecular complexity index is 3210. The van der Waals surface area contributed by atoms with E-state index in [4.69, 9.17) is 0 Å². The van der Waals surface area contributed by atoms with Gasteiger partial charge in [0.05, 0.1) is 22.1 Å². The molecule has 1 aromatic heterocycles. The molecule has 2 aliphatic rings. The zero-order valence-corrected chi connectivity index (χ0v) is 32.3. The molecule has 2 aliphatic carbocycles. The molecule has 1 heterocycles. The number of para-hydroxylation sites is 2. The van der Waals surface area contributed by atoms with Crippen LogP contribution in [0.5, 0.6) is 0 Å². The van der Waals surface area contributed by atoms with E-state index in [1.165, 1.54) is 77.4 Å². The van der Waals surface area contributed by atoms with Crippen LogP contribution in [0.2, 0.25) is 0 Å². The third kappa shape index (κ3) is 4.93. The van der Waals surface area contributed by atoms with Crippen molar-refractivity contribution in [2.75, 3.05) is 4.90 Å². The summed E-state index contributed by atoms with van der Waals surface area (Å²) in [4.78, 5) is 2.49. The van der Waals surface area contributed by atoms with Gasteiger partial charge in [0, 0.05) is 33.4 Å². The Morgan fingerprint density at radius 1 is 0.373 bits per heavy atom. The fraction of sp³-hybridized carbons (Fsp3) is 0.0175. The van der Waals surface area contributed by atoms with Crippen molar-refractivity contribution in [3.05, 3.63) is 252 Å². The Balaban J connectivity index is 1.15. The average molecular weight is 751 g/mol. The van der Waals surface area contributed by atoms with Crippen LogP contribution in [0.25, 0.3) is 61.9 Å². The van der Waals surface area contributed by atoms with Crippen LogP contribution in [0.3, 0.4) is 0 Å². The molecule has 2 nitrogen and oxygen atoms in total. The average Bonchev–Trinajstić information content (AvgIpc) is 3.74. The Kier molecular flexibility index (Phi) is 7.48. The zero-order chi connectivity index (χ0) is 38.9. The number of hydrogen-bond donors (Lipinski definition) is 0. The second kappa shape index (κ2) is 13.2. The molecule has 0 saturated heterocycles. The number of nitrogens with zero attached hydrogens (tertiary/aromatic N) is 2. The van der Waals surface area contributed by atoms with Crippen LogP contribution in [0, 0.1) is 0 Å². The van der Waals surface area contributed by atoms with Gasteiger partial charge in [-0.2, -0.15) is 0 Å². The van der Waals surface area contributed by atoms with Gasteiger partial charge in [0.25, 0.3) is 0 Å². The lowest BCUT2D eigenvalue weighted by atomic mass is 9.66. The summed E-state index contributed by atoms with van der Waals surface area (Å²) in [6.07, 6.45) is 4.60. The van der Waals surface area contributed by atoms with Gasteiger partial charge in [-0.25, -0.2) is 0 Å². The van der Waals surface area contributed by atoms with Crippen LogP contribution in [0.15, 0.2) is 218 Å². The highest BCUT2D eigenvalue weighted by Crippen LogP contribution is 2.61. The van der Waals surface area contributed by atoms with Gasteiger partial charge in [-0.15, -0.1) is 0 Å². The van der Waals surface area contributed by atoms with Gasteiger partial charge >= 0.3 is 0 Å². The lowest BCUT2D eigenvalue weighted by Gasteiger charge is -2.35. The molecule has 0 unspecified atom stereocenters. The molecule has 0 bridgehead atoms. The maximum Gasteiger partial charge on any atom is 0.0725 e. The Morgan fingerprint density at radius 3 is 1.68 bits per heavy atom. The second-order valence-corrected chi connectivity index (χ2v) is 15.6. The highest BCUT2D eigenvalue weighted by Gasteiger charge is 2.49. The first-order valence-electron chi connectivity index (χ1n) is 20.4. The van der Waals surface area contributed by atoms with Crippen molar-refractivity contribution in [1.29, 1.82) is 0 Å². The maximum atomic E-state index is 2.49. The summed E-state index contributed by atoms with van der Waals surface area (Å²) in [5, 5.41) is 2.45. The normalized spacial score (nSPS) is 13.2. The summed E-state index contributed by atoms with van der Waals surface area (Å²) in [5.74, 6) is 0. The summed E-state index contributed by atoms with van der Waals surface area (Å²) >= 11 is 0. The molecule has 2 heteroatoms. The van der Waals surface area contributed by atoms with Crippen LogP contribution in [-0.2, 0) is 5.41 Å². The number of aromatic nitrogens is 1. The molecule has 0 saturated carbocycles. The van der Waals surface area contributed by atoms with Crippen LogP contribution in [0.1, 0.15) is 33.4 Å². The van der Waals surface area contributed by atoms with E-state index in [1.54, 1.807) is 0 Å². The number of rotatable bonds is 5. The standard InChI is InChI=1S/C57H38N2/c1-3-16-39(17-4-1)40-32-34-44(35-33-40)58(45-36-37-54-48(38-45)46-22-10-14-28-53(46)59(54)43-20-5-2-6-21-43)55-29-15-27-52-56(55)47-23-9-13-26-51(47)57(52)49-24-11-7-18-41(49)30-31-42-19-8-12-25-50(42)57/h1-38H. The number of benzene rings is 9. The fourth-order valence-electron chi connectivity index (χ4n) is 10.2. The molecule has 10 aromatic rings. The first kappa shape index (κ1) is 33.5. The maximum absolute atomic E-state index is 2.49. The molecule has 59 heavy (non-hydrogen) atoms. The number of anilines is 3. The molecule has 1 spiro atoms. The highest BCUT2D eigenvalue weighted by molar-refractivity contribution is 6.11. The van der Waals surface area contributed by atoms with E-state index in [9.17, 15) is 0 Å². The van der Waals surface area contributed by atoms with Gasteiger partial charge in [0.2, 0.25) is 0 Å². The minimum atomic E-state index is -0.519. The molecule has 0 fully saturated rings. The smallest absolute Gasteiger partial charge is 0.0725 e.